The Kier molecular flexibility index (Phi) is 9.12. The smallest absolute Gasteiger partial charge is 0.253 e. The molecule has 0 aromatic carbocycles. The molecule has 33 heavy (non-hydrogen) atoms. The Labute approximate surface area is 194 Å². The number of carbonyl (C=O) groups is 5. The number of rotatable bonds is 10. The van der Waals surface area contributed by atoms with E-state index in [9.17, 15) is 24.0 Å². The predicted molar refractivity (Wildman–Crippen MR) is 122 cm³/mol. The van der Waals surface area contributed by atoms with Crippen LogP contribution in [-0.4, -0.2) is 102 Å². The number of imide groups is 1. The lowest BCUT2D eigenvalue weighted by Gasteiger charge is -2.37. The van der Waals surface area contributed by atoms with Crippen LogP contribution in [0.25, 0.3) is 0 Å². The molecule has 0 saturated carbocycles. The first-order valence-electron chi connectivity index (χ1n) is 11.3. The SMILES string of the molecule is CNCNC(=O)C(C)(C)NCC(=O)N1CCN(C(=O)C(C)CC(C)N2C(=O)C=CC2=O)CC1. The number of hydrogen-bond acceptors (Lipinski definition) is 7. The highest BCUT2D eigenvalue weighted by Crippen LogP contribution is 2.19. The van der Waals surface area contributed by atoms with E-state index in [0.29, 0.717) is 39.3 Å². The minimum absolute atomic E-state index is 0.0216. The molecule has 184 valence electrons. The van der Waals surface area contributed by atoms with E-state index in [1.807, 2.05) is 0 Å². The summed E-state index contributed by atoms with van der Waals surface area (Å²) < 4.78 is 0. The van der Waals surface area contributed by atoms with E-state index in [2.05, 4.69) is 16.0 Å². The lowest BCUT2D eigenvalue weighted by molar-refractivity contribution is -0.144. The number of piperazine rings is 1. The summed E-state index contributed by atoms with van der Waals surface area (Å²) in [7, 11) is 1.73. The third-order valence-corrected chi connectivity index (χ3v) is 6.02. The topological polar surface area (TPSA) is 131 Å². The zero-order chi connectivity index (χ0) is 24.8. The second-order valence-corrected chi connectivity index (χ2v) is 9.09. The van der Waals surface area contributed by atoms with Gasteiger partial charge in [0.2, 0.25) is 17.7 Å². The van der Waals surface area contributed by atoms with Gasteiger partial charge in [-0.1, -0.05) is 6.92 Å². The van der Waals surface area contributed by atoms with E-state index in [1.165, 1.54) is 17.1 Å². The van der Waals surface area contributed by atoms with Crippen molar-refractivity contribution in [1.82, 2.24) is 30.7 Å². The van der Waals surface area contributed by atoms with E-state index in [-0.39, 0.29) is 48.0 Å². The molecule has 5 amide bonds. The number of nitrogens with one attached hydrogen (secondary N) is 3. The molecule has 2 heterocycles. The standard InChI is InChI=1S/C22H36N6O5/c1-15(12-16(2)28-17(29)6-7-18(28)30)20(32)27-10-8-26(9-11-27)19(31)13-25-22(3,4)21(33)24-14-23-5/h6-7,15-16,23,25H,8-14H2,1-5H3,(H,24,33). The lowest BCUT2D eigenvalue weighted by atomic mass is 9.99. The summed E-state index contributed by atoms with van der Waals surface area (Å²) in [6.07, 6.45) is 2.87. The van der Waals surface area contributed by atoms with E-state index in [0.717, 1.165) is 0 Å². The number of hydrogen-bond donors (Lipinski definition) is 3. The second kappa shape index (κ2) is 11.4. The van der Waals surface area contributed by atoms with Crippen molar-refractivity contribution in [3.05, 3.63) is 12.2 Å². The van der Waals surface area contributed by atoms with Crippen LogP contribution in [0.2, 0.25) is 0 Å². The van der Waals surface area contributed by atoms with Crippen LogP contribution in [-0.2, 0) is 24.0 Å². The van der Waals surface area contributed by atoms with E-state index < -0.39 is 5.54 Å². The summed E-state index contributed by atoms with van der Waals surface area (Å²) in [5.74, 6) is -1.46. The van der Waals surface area contributed by atoms with Crippen molar-refractivity contribution in [2.24, 2.45) is 5.92 Å². The van der Waals surface area contributed by atoms with Gasteiger partial charge in [0.15, 0.2) is 0 Å². The van der Waals surface area contributed by atoms with Crippen molar-refractivity contribution in [2.75, 3.05) is 46.4 Å². The fourth-order valence-electron chi connectivity index (χ4n) is 3.93. The van der Waals surface area contributed by atoms with Crippen molar-refractivity contribution >= 4 is 29.5 Å². The molecule has 0 aliphatic carbocycles. The van der Waals surface area contributed by atoms with Crippen LogP contribution in [0.15, 0.2) is 12.2 Å². The van der Waals surface area contributed by atoms with Gasteiger partial charge in [0.25, 0.3) is 11.8 Å². The molecular weight excluding hydrogens is 428 g/mol. The first kappa shape index (κ1) is 26.5. The van der Waals surface area contributed by atoms with Gasteiger partial charge >= 0.3 is 0 Å². The van der Waals surface area contributed by atoms with E-state index >= 15 is 0 Å². The fraction of sp³-hybridized carbons (Fsp3) is 0.682. The Morgan fingerprint density at radius 2 is 1.55 bits per heavy atom. The molecule has 0 bridgehead atoms. The third-order valence-electron chi connectivity index (χ3n) is 6.02. The number of nitrogens with zero attached hydrogens (tertiary/aromatic N) is 3. The van der Waals surface area contributed by atoms with Crippen LogP contribution < -0.4 is 16.0 Å². The van der Waals surface area contributed by atoms with Gasteiger partial charge in [-0.2, -0.15) is 0 Å². The molecule has 11 heteroatoms. The molecule has 0 spiro atoms. The Morgan fingerprint density at radius 1 is 1.00 bits per heavy atom. The highest BCUT2D eigenvalue weighted by molar-refractivity contribution is 6.13. The highest BCUT2D eigenvalue weighted by atomic mass is 16.2. The molecular formula is C22H36N6O5. The summed E-state index contributed by atoms with van der Waals surface area (Å²) in [6, 6.07) is -0.374. The Balaban J connectivity index is 1.78. The monoisotopic (exact) mass is 464 g/mol. The van der Waals surface area contributed by atoms with Crippen molar-refractivity contribution in [3.8, 4) is 0 Å². The van der Waals surface area contributed by atoms with Crippen LogP contribution >= 0.6 is 0 Å². The Bertz CT molecular complexity index is 785. The molecule has 1 fully saturated rings. The van der Waals surface area contributed by atoms with Crippen LogP contribution in [0.4, 0.5) is 0 Å². The van der Waals surface area contributed by atoms with Crippen LogP contribution in [0, 0.1) is 5.92 Å². The summed E-state index contributed by atoms with van der Waals surface area (Å²) in [4.78, 5) is 65.9. The molecule has 0 radical (unpaired) electrons. The zero-order valence-electron chi connectivity index (χ0n) is 20.1. The van der Waals surface area contributed by atoms with Crippen molar-refractivity contribution in [3.63, 3.8) is 0 Å². The minimum atomic E-state index is -0.899. The van der Waals surface area contributed by atoms with E-state index in [4.69, 9.17) is 0 Å². The minimum Gasteiger partial charge on any atom is -0.342 e. The van der Waals surface area contributed by atoms with Gasteiger partial charge in [-0.25, -0.2) is 0 Å². The molecule has 2 unspecified atom stereocenters. The van der Waals surface area contributed by atoms with Gasteiger partial charge in [0.1, 0.15) is 0 Å². The first-order valence-corrected chi connectivity index (χ1v) is 11.3. The van der Waals surface area contributed by atoms with Crippen molar-refractivity contribution < 1.29 is 24.0 Å². The Morgan fingerprint density at radius 3 is 2.09 bits per heavy atom. The average molecular weight is 465 g/mol. The summed E-state index contributed by atoms with van der Waals surface area (Å²) in [6.45, 7) is 8.99. The molecule has 1 saturated heterocycles. The summed E-state index contributed by atoms with van der Waals surface area (Å²) >= 11 is 0. The van der Waals surface area contributed by atoms with Gasteiger partial charge in [-0.05, 0) is 34.2 Å². The van der Waals surface area contributed by atoms with E-state index in [1.54, 1.807) is 44.5 Å². The van der Waals surface area contributed by atoms with Crippen molar-refractivity contribution in [2.45, 2.75) is 45.7 Å². The average Bonchev–Trinajstić information content (AvgIpc) is 3.13. The molecule has 2 rings (SSSR count). The maximum Gasteiger partial charge on any atom is 0.253 e. The zero-order valence-corrected chi connectivity index (χ0v) is 20.1. The molecule has 2 atom stereocenters. The van der Waals surface area contributed by atoms with Crippen molar-refractivity contribution in [1.29, 1.82) is 0 Å². The first-order chi connectivity index (χ1) is 15.5. The third kappa shape index (κ3) is 6.84. The second-order valence-electron chi connectivity index (χ2n) is 9.09. The van der Waals surface area contributed by atoms with Crippen LogP contribution in [0.1, 0.15) is 34.1 Å². The lowest BCUT2D eigenvalue weighted by Crippen LogP contribution is -2.58. The van der Waals surface area contributed by atoms with Gasteiger partial charge in [-0.3, -0.25) is 34.2 Å². The normalized spacial score (nSPS) is 18.5. The van der Waals surface area contributed by atoms with Crippen LogP contribution in [0.5, 0.6) is 0 Å². The maximum absolute atomic E-state index is 12.9. The predicted octanol–water partition coefficient (Wildman–Crippen LogP) is -1.34. The Hall–Kier alpha value is -2.79. The summed E-state index contributed by atoms with van der Waals surface area (Å²) in [5, 5.41) is 8.55. The molecule has 2 aliphatic heterocycles. The molecule has 2 aliphatic rings. The largest absolute Gasteiger partial charge is 0.342 e. The highest BCUT2D eigenvalue weighted by Gasteiger charge is 2.33. The quantitative estimate of drug-likeness (QED) is 0.269. The fourth-order valence-corrected chi connectivity index (χ4v) is 3.93. The molecule has 0 aromatic rings. The van der Waals surface area contributed by atoms with Crippen LogP contribution in [0.3, 0.4) is 0 Å². The molecule has 3 N–H and O–H groups in total. The molecule has 11 nitrogen and oxygen atoms in total. The van der Waals surface area contributed by atoms with Gasteiger partial charge in [-0.15, -0.1) is 0 Å². The number of carbonyl (C=O) groups excluding carboxylic acids is 5. The molecule has 0 aromatic heterocycles. The number of amides is 5. The summed E-state index contributed by atoms with van der Waals surface area (Å²) in [5.41, 5.74) is -0.899. The van der Waals surface area contributed by atoms with Gasteiger partial charge < -0.3 is 20.4 Å². The van der Waals surface area contributed by atoms with Gasteiger partial charge in [0.05, 0.1) is 18.8 Å². The maximum atomic E-state index is 12.9. The van der Waals surface area contributed by atoms with Gasteiger partial charge in [0, 0.05) is 50.3 Å².